The third-order valence-electron chi connectivity index (χ3n) is 7.29. The van der Waals surface area contributed by atoms with Gasteiger partial charge in [-0.25, -0.2) is 9.97 Å². The Kier molecular flexibility index (Phi) is 8.09. The van der Waals surface area contributed by atoms with E-state index in [9.17, 15) is 9.90 Å². The van der Waals surface area contributed by atoms with E-state index in [0.29, 0.717) is 30.3 Å². The minimum atomic E-state index is -0.750. The maximum absolute atomic E-state index is 14.0. The van der Waals surface area contributed by atoms with Gasteiger partial charge < -0.3 is 15.3 Å². The van der Waals surface area contributed by atoms with Gasteiger partial charge in [-0.15, -0.1) is 0 Å². The molecule has 0 saturated carbocycles. The zero-order valence-electron chi connectivity index (χ0n) is 21.8. The molecule has 1 aromatic heterocycles. The molecule has 0 radical (unpaired) electrons. The second kappa shape index (κ2) is 12.0. The number of carbonyl (C=O) groups is 1. The number of nitrogens with one attached hydrogen (secondary N) is 1. The first-order chi connectivity index (χ1) is 18.6. The molecule has 0 aliphatic carbocycles. The largest absolute Gasteiger partial charge is 0.386 e. The zero-order chi connectivity index (χ0) is 26.3. The van der Waals surface area contributed by atoms with Crippen LogP contribution < -0.4 is 5.32 Å². The molecule has 2 N–H and O–H groups in total. The van der Waals surface area contributed by atoms with E-state index in [-0.39, 0.29) is 11.9 Å². The minimum absolute atomic E-state index is 0.142. The van der Waals surface area contributed by atoms with Gasteiger partial charge in [0.15, 0.2) is 0 Å². The highest BCUT2D eigenvalue weighted by Crippen LogP contribution is 2.33. The van der Waals surface area contributed by atoms with Crippen molar-refractivity contribution in [1.82, 2.24) is 14.9 Å². The molecule has 0 bridgehead atoms. The standard InChI is InChI=1S/C32H34N4O2/c1-23-12-8-9-17-26(23)30(37)28-18-10-11-21-36(28)31(38)27-22-34-32(33-20-19-24-13-4-2-5-14-24)35-29(27)25-15-6-3-7-16-25/h2-9,12-17,22,28,30,37H,10-11,18-21H2,1H3,(H,33,34,35). The Balaban J connectivity index is 1.42. The van der Waals surface area contributed by atoms with Crippen LogP contribution in [-0.2, 0) is 6.42 Å². The lowest BCUT2D eigenvalue weighted by molar-refractivity contribution is 0.0210. The molecular formula is C32H34N4O2. The van der Waals surface area contributed by atoms with Crippen molar-refractivity contribution in [2.24, 2.45) is 0 Å². The molecule has 4 aromatic rings. The molecule has 1 aliphatic heterocycles. The normalized spacial score (nSPS) is 16.2. The van der Waals surface area contributed by atoms with Crippen molar-refractivity contribution in [3.8, 4) is 11.3 Å². The molecule has 6 heteroatoms. The number of hydrogen-bond donors (Lipinski definition) is 2. The summed E-state index contributed by atoms with van der Waals surface area (Å²) in [6, 6.07) is 27.6. The SMILES string of the molecule is Cc1ccccc1C(O)C1CCCCN1C(=O)c1cnc(NCCc2ccccc2)nc1-c1ccccc1. The van der Waals surface area contributed by atoms with Gasteiger partial charge in [0.05, 0.1) is 23.4 Å². The number of rotatable bonds is 8. The van der Waals surface area contributed by atoms with Crippen LogP contribution in [-0.4, -0.2) is 45.0 Å². The average molecular weight is 507 g/mol. The van der Waals surface area contributed by atoms with Gasteiger partial charge in [0.25, 0.3) is 5.91 Å². The second-order valence-electron chi connectivity index (χ2n) is 9.85. The van der Waals surface area contributed by atoms with Crippen molar-refractivity contribution < 1.29 is 9.90 Å². The van der Waals surface area contributed by atoms with E-state index in [2.05, 4.69) is 22.4 Å². The maximum atomic E-state index is 14.0. The number of piperidine rings is 1. The number of nitrogens with zero attached hydrogens (tertiary/aromatic N) is 3. The van der Waals surface area contributed by atoms with Crippen molar-refractivity contribution in [3.05, 3.63) is 113 Å². The highest BCUT2D eigenvalue weighted by atomic mass is 16.3. The van der Waals surface area contributed by atoms with Crippen molar-refractivity contribution in [1.29, 1.82) is 0 Å². The number of carbonyl (C=O) groups excluding carboxylic acids is 1. The molecule has 5 rings (SSSR count). The predicted molar refractivity (Wildman–Crippen MR) is 151 cm³/mol. The first-order valence-corrected chi connectivity index (χ1v) is 13.4. The Bertz CT molecular complexity index is 1360. The van der Waals surface area contributed by atoms with E-state index in [1.165, 1.54) is 5.56 Å². The van der Waals surface area contributed by atoms with E-state index in [0.717, 1.165) is 42.4 Å². The van der Waals surface area contributed by atoms with Crippen molar-refractivity contribution >= 4 is 11.9 Å². The molecule has 38 heavy (non-hydrogen) atoms. The van der Waals surface area contributed by atoms with Crippen LogP contribution in [0.2, 0.25) is 0 Å². The Morgan fingerprint density at radius 3 is 2.47 bits per heavy atom. The minimum Gasteiger partial charge on any atom is -0.386 e. The Morgan fingerprint density at radius 1 is 1.00 bits per heavy atom. The molecule has 2 unspecified atom stereocenters. The van der Waals surface area contributed by atoms with Crippen LogP contribution in [0, 0.1) is 6.92 Å². The highest BCUT2D eigenvalue weighted by molar-refractivity contribution is 6.00. The number of hydrogen-bond acceptors (Lipinski definition) is 5. The first kappa shape index (κ1) is 25.6. The summed E-state index contributed by atoms with van der Waals surface area (Å²) in [4.78, 5) is 25.2. The lowest BCUT2D eigenvalue weighted by Crippen LogP contribution is -2.47. The van der Waals surface area contributed by atoms with Crippen LogP contribution in [0.25, 0.3) is 11.3 Å². The fourth-order valence-corrected chi connectivity index (χ4v) is 5.22. The number of aliphatic hydroxyl groups excluding tert-OH is 1. The summed E-state index contributed by atoms with van der Waals surface area (Å²) in [5.41, 5.74) is 5.04. The number of aromatic nitrogens is 2. The van der Waals surface area contributed by atoms with Crippen LogP contribution in [0.15, 0.2) is 91.1 Å². The third-order valence-corrected chi connectivity index (χ3v) is 7.29. The monoisotopic (exact) mass is 506 g/mol. The van der Waals surface area contributed by atoms with Crippen molar-refractivity contribution in [2.75, 3.05) is 18.4 Å². The molecule has 6 nitrogen and oxygen atoms in total. The third kappa shape index (κ3) is 5.76. The molecule has 3 aromatic carbocycles. The van der Waals surface area contributed by atoms with Crippen LogP contribution in [0.5, 0.6) is 0 Å². The molecule has 1 amide bonds. The first-order valence-electron chi connectivity index (χ1n) is 13.4. The number of aliphatic hydroxyl groups is 1. The smallest absolute Gasteiger partial charge is 0.258 e. The summed E-state index contributed by atoms with van der Waals surface area (Å²) < 4.78 is 0. The van der Waals surface area contributed by atoms with E-state index in [1.54, 1.807) is 6.20 Å². The Labute approximate surface area is 224 Å². The number of aryl methyl sites for hydroxylation is 1. The molecule has 2 heterocycles. The van der Waals surface area contributed by atoms with Gasteiger partial charge in [-0.05, 0) is 49.3 Å². The second-order valence-corrected chi connectivity index (χ2v) is 9.85. The molecule has 1 aliphatic rings. The van der Waals surface area contributed by atoms with Gasteiger partial charge in [0, 0.05) is 24.8 Å². The lowest BCUT2D eigenvalue weighted by atomic mass is 9.90. The molecule has 194 valence electrons. The van der Waals surface area contributed by atoms with E-state index >= 15 is 0 Å². The summed E-state index contributed by atoms with van der Waals surface area (Å²) in [5.74, 6) is 0.350. The van der Waals surface area contributed by atoms with Crippen LogP contribution >= 0.6 is 0 Å². The van der Waals surface area contributed by atoms with Gasteiger partial charge in [-0.2, -0.15) is 0 Å². The number of likely N-dealkylation sites (tertiary alicyclic amines) is 1. The number of anilines is 1. The fraction of sp³-hybridized carbons (Fsp3) is 0.281. The summed E-state index contributed by atoms with van der Waals surface area (Å²) in [6.07, 6.45) is 4.36. The van der Waals surface area contributed by atoms with E-state index in [4.69, 9.17) is 4.98 Å². The van der Waals surface area contributed by atoms with Gasteiger partial charge in [0.2, 0.25) is 5.95 Å². The predicted octanol–water partition coefficient (Wildman–Crippen LogP) is 5.83. The molecular weight excluding hydrogens is 472 g/mol. The lowest BCUT2D eigenvalue weighted by Gasteiger charge is -2.39. The van der Waals surface area contributed by atoms with Crippen molar-refractivity contribution in [2.45, 2.75) is 44.8 Å². The van der Waals surface area contributed by atoms with Gasteiger partial charge >= 0.3 is 0 Å². The summed E-state index contributed by atoms with van der Waals surface area (Å²) >= 11 is 0. The summed E-state index contributed by atoms with van der Waals surface area (Å²) in [7, 11) is 0. The highest BCUT2D eigenvalue weighted by Gasteiger charge is 2.35. The number of benzene rings is 3. The average Bonchev–Trinajstić information content (AvgIpc) is 2.98. The molecule has 2 atom stereocenters. The molecule has 1 fully saturated rings. The topological polar surface area (TPSA) is 78.3 Å². The van der Waals surface area contributed by atoms with Gasteiger partial charge in [-0.1, -0.05) is 84.9 Å². The van der Waals surface area contributed by atoms with Crippen molar-refractivity contribution in [3.63, 3.8) is 0 Å². The summed E-state index contributed by atoms with van der Waals surface area (Å²) in [5, 5.41) is 14.7. The molecule has 1 saturated heterocycles. The molecule has 0 spiro atoms. The van der Waals surface area contributed by atoms with Crippen LogP contribution in [0.1, 0.15) is 52.4 Å². The quantitative estimate of drug-likeness (QED) is 0.314. The summed E-state index contributed by atoms with van der Waals surface area (Å²) in [6.45, 7) is 3.28. The fourth-order valence-electron chi connectivity index (χ4n) is 5.22. The van der Waals surface area contributed by atoms with Gasteiger partial charge in [0.1, 0.15) is 0 Å². The van der Waals surface area contributed by atoms with E-state index in [1.807, 2.05) is 84.6 Å². The number of amides is 1. The van der Waals surface area contributed by atoms with E-state index < -0.39 is 6.10 Å². The Morgan fingerprint density at radius 2 is 1.71 bits per heavy atom. The van der Waals surface area contributed by atoms with Gasteiger partial charge in [-0.3, -0.25) is 4.79 Å². The van der Waals surface area contributed by atoms with Crippen LogP contribution in [0.4, 0.5) is 5.95 Å². The zero-order valence-corrected chi connectivity index (χ0v) is 21.8. The Hall–Kier alpha value is -4.03. The maximum Gasteiger partial charge on any atom is 0.258 e. The van der Waals surface area contributed by atoms with Crippen LogP contribution in [0.3, 0.4) is 0 Å².